The standard InChI is InChI=1S/C7H18O4SSi.C7H18O3SSi.C7H18O2SSi.C6H16O2SSi.C5H12F2O2SSi.C5H12F2OSSi.C2H6O4S.C2H6O.FH.Mo.Na.3H2O/c1-10-13(4,11-2)7-5-6-12(3,8)9;1-9-12(4,10-2)7-5-6-11(3)8;1-8-11(4,9-2)7-5-6-10-3;1-7-10(3,8-2)6-4-5-9;1-10(8,9)4-3-5-11(2,6)7;1-9(8)4-3-5-10(2,6)7;1-5-7(3,4)6-2;1-2-3;;;;;;/h5-7H2,1-4H3;5-7H2,1-4H3;5-7H2,1-4H3;9H,4-6H2,1-3H3;3-5H2,1-2H3;3-5H2,1-2H3;1-2H3;3H,2H2,1H3;1H;;;3*1H2/q;;;;;;;;;;+1;;;/p-1. The van der Waals surface area contributed by atoms with Crippen LogP contribution in [0.3, 0.4) is 0 Å². The molecule has 0 rings (SSSR count). The topological polar surface area (TPSA) is 342 Å². The van der Waals surface area contributed by atoms with Crippen molar-refractivity contribution in [2.24, 2.45) is 0 Å². The van der Waals surface area contributed by atoms with Gasteiger partial charge in [-0.1, -0.05) is 0 Å². The second kappa shape index (κ2) is 69.3. The Balaban J connectivity index is -0.0000000549. The zero-order chi connectivity index (χ0) is 62.9. The molecule has 0 aliphatic rings. The number of hydrogen-bond donors (Lipinski definition) is 2. The Hall–Kier alpha value is 2.93. The van der Waals surface area contributed by atoms with E-state index in [9.17, 15) is 50.1 Å². The average molecular weight is 1560 g/mol. The third-order valence-electron chi connectivity index (χ3n) is 10.0. The SMILES string of the molecule is CCO.COS(=O)(=O)OC.CO[Si](C)(CCCS(C)(=O)=O)OC.CO[Si](C)(CCCS(C)=O)OC.CO[Si](C)(CCCS)OC.CO[Si](C)(CCCSC)OC.CS(=O)CCC[Si](C)(F)F.C[Si](F)(F)CCCS(C)(=O)=O.F.O.O.[Mo].[Na+].[OH-]. The first-order valence-electron chi connectivity index (χ1n) is 24.1. The van der Waals surface area contributed by atoms with Gasteiger partial charge in [0.1, 0.15) is 19.7 Å². The average Bonchev–Trinajstić information content (AvgIpc) is 3.32. The molecule has 0 aromatic rings. The number of aliphatic hydroxyl groups excluding tert-OH is 1. The third-order valence-corrected chi connectivity index (χ3v) is 30.1. The monoisotopic (exact) mass is 1560 g/mol. The van der Waals surface area contributed by atoms with Gasteiger partial charge in [0, 0.05) is 154 Å². The molecule has 2 atom stereocenters. The third kappa shape index (κ3) is 107. The van der Waals surface area contributed by atoms with Crippen molar-refractivity contribution in [2.75, 3.05) is 144 Å². The molecule has 0 radical (unpaired) electrons. The minimum Gasteiger partial charge on any atom is -0.870 e. The fraction of sp³-hybridized carbons (Fsp3) is 1.00. The molecule has 6 N–H and O–H groups in total. The second-order valence-corrected chi connectivity index (χ2v) is 47.7. The Morgan fingerprint density at radius 1 is 0.506 bits per heavy atom. The maximum absolute atomic E-state index is 12.2. The Morgan fingerprint density at radius 3 is 0.916 bits per heavy atom. The second-order valence-electron chi connectivity index (χ2n) is 17.5. The first kappa shape index (κ1) is 120. The Labute approximate surface area is 557 Å². The number of thioether (sulfide) groups is 1. The predicted molar refractivity (Wildman–Crippen MR) is 344 cm³/mol. The van der Waals surface area contributed by atoms with Gasteiger partial charge in [0.15, 0.2) is 0 Å². The summed E-state index contributed by atoms with van der Waals surface area (Å²) in [5.41, 5.74) is 0. The molecule has 22 nitrogen and oxygen atoms in total. The van der Waals surface area contributed by atoms with E-state index in [1.807, 2.05) is 24.9 Å². The van der Waals surface area contributed by atoms with E-state index in [4.69, 9.17) is 40.5 Å². The van der Waals surface area contributed by atoms with Crippen LogP contribution in [-0.2, 0) is 117 Å². The number of aliphatic hydroxyl groups is 1. The summed E-state index contributed by atoms with van der Waals surface area (Å²) in [6, 6.07) is 3.52. The smallest absolute Gasteiger partial charge is 0.870 e. The maximum atomic E-state index is 12.2. The molecule has 0 aliphatic carbocycles. The van der Waals surface area contributed by atoms with Crippen molar-refractivity contribution in [1.29, 1.82) is 0 Å². The molecule has 0 aliphatic heterocycles. The van der Waals surface area contributed by atoms with E-state index >= 15 is 0 Å². The largest absolute Gasteiger partial charge is 1.00 e. The van der Waals surface area contributed by atoms with Gasteiger partial charge in [-0.25, -0.2) is 16.8 Å². The number of rotatable bonds is 33. The van der Waals surface area contributed by atoms with Crippen molar-refractivity contribution >= 4 is 128 Å². The van der Waals surface area contributed by atoms with Gasteiger partial charge in [0.25, 0.3) is 0 Å². The molecule has 0 saturated carbocycles. The van der Waals surface area contributed by atoms with Crippen LogP contribution in [0.15, 0.2) is 0 Å². The van der Waals surface area contributed by atoms with Gasteiger partial charge in [0.05, 0.1) is 14.2 Å². The molecule has 0 amide bonds. The Bertz CT molecular complexity index is 1730. The van der Waals surface area contributed by atoms with E-state index in [-0.39, 0.29) is 108 Å². The van der Waals surface area contributed by atoms with Crippen LogP contribution in [0.2, 0.25) is 75.5 Å². The van der Waals surface area contributed by atoms with Gasteiger partial charge in [-0.05, 0) is 139 Å². The van der Waals surface area contributed by atoms with Crippen LogP contribution in [0, 0.1) is 0 Å². The van der Waals surface area contributed by atoms with Crippen LogP contribution in [0.25, 0.3) is 0 Å². The van der Waals surface area contributed by atoms with E-state index < -0.39 is 103 Å². The van der Waals surface area contributed by atoms with E-state index in [2.05, 4.69) is 40.3 Å². The van der Waals surface area contributed by atoms with Crippen LogP contribution in [0.5, 0.6) is 0 Å². The van der Waals surface area contributed by atoms with Gasteiger partial charge >= 0.3 is 91.7 Å². The van der Waals surface area contributed by atoms with E-state index in [1.165, 1.54) is 24.7 Å². The molecule has 0 bridgehead atoms. The minimum atomic E-state index is -4.02. The number of thiol groups is 1. The summed E-state index contributed by atoms with van der Waals surface area (Å²) >= 11 is 6.00. The molecule has 0 aromatic heterocycles. The van der Waals surface area contributed by atoms with Crippen molar-refractivity contribution in [3.05, 3.63) is 0 Å². The molecule has 83 heavy (non-hydrogen) atoms. The van der Waals surface area contributed by atoms with Crippen LogP contribution >= 0.6 is 24.4 Å². The summed E-state index contributed by atoms with van der Waals surface area (Å²) < 4.78 is 182. The normalized spacial score (nSPS) is 12.0. The molecule has 2 unspecified atom stereocenters. The molecule has 0 spiro atoms. The van der Waals surface area contributed by atoms with Crippen molar-refractivity contribution < 1.29 is 171 Å². The van der Waals surface area contributed by atoms with Crippen molar-refractivity contribution in [3.63, 3.8) is 0 Å². The van der Waals surface area contributed by atoms with E-state index in [0.717, 1.165) is 76.0 Å². The molecular weight excluding hydrogens is 1450 g/mol. The van der Waals surface area contributed by atoms with Crippen molar-refractivity contribution in [1.82, 2.24) is 0 Å². The summed E-state index contributed by atoms with van der Waals surface area (Å²) in [6.45, 7) is 12.0. The van der Waals surface area contributed by atoms with Gasteiger partial charge in [0.2, 0.25) is 0 Å². The maximum Gasteiger partial charge on any atom is 1.00 e. The van der Waals surface area contributed by atoms with E-state index in [1.54, 1.807) is 70.1 Å². The molecule has 0 heterocycles. The Morgan fingerprint density at radius 2 is 0.723 bits per heavy atom. The summed E-state index contributed by atoms with van der Waals surface area (Å²) in [7, 11) is -11.0. The quantitative estimate of drug-likeness (QED) is 0.0311. The zero-order valence-electron chi connectivity index (χ0n) is 53.9. The molecule has 0 aromatic carbocycles. The molecule has 516 valence electrons. The zero-order valence-corrected chi connectivity index (χ0v) is 69.7. The van der Waals surface area contributed by atoms with Crippen molar-refractivity contribution in [3.8, 4) is 0 Å². The van der Waals surface area contributed by atoms with E-state index in [0.29, 0.717) is 24.6 Å². The minimum absolute atomic E-state index is 0. The number of hydrogen-bond acceptors (Lipinski definition) is 22. The predicted octanol–water partition coefficient (Wildman–Crippen LogP) is 3.73. The number of sulfone groups is 2. The summed E-state index contributed by atoms with van der Waals surface area (Å²) in [6.07, 6.45) is 12.0. The summed E-state index contributed by atoms with van der Waals surface area (Å²) in [4.78, 5) is 0. The molecule has 0 fully saturated rings. The number of halogens is 5. The van der Waals surface area contributed by atoms with Crippen LogP contribution in [0.4, 0.5) is 21.1 Å². The first-order valence-corrected chi connectivity index (χ1v) is 50.0. The molecule has 0 saturated heterocycles. The van der Waals surface area contributed by atoms with Crippen molar-refractivity contribution in [2.45, 2.75) is 121 Å². The Kier molecular flexibility index (Phi) is 100.0. The van der Waals surface area contributed by atoms with Crippen LogP contribution in [-0.4, -0.2) is 250 Å². The molecular formula is C41H112F5MoNaO22S7Si6. The van der Waals surface area contributed by atoms with Crippen LogP contribution in [0.1, 0.15) is 45.4 Å². The first-order chi connectivity index (χ1) is 34.9. The van der Waals surface area contributed by atoms with Gasteiger partial charge in [-0.3, -0.25) is 37.9 Å². The van der Waals surface area contributed by atoms with Gasteiger partial charge in [-0.15, -0.1) is 0 Å². The fourth-order valence-electron chi connectivity index (χ4n) is 4.64. The summed E-state index contributed by atoms with van der Waals surface area (Å²) in [5.74, 6) is 3.36. The fourth-order valence-corrected chi connectivity index (χ4v) is 16.6. The van der Waals surface area contributed by atoms with Gasteiger partial charge < -0.3 is 56.9 Å². The van der Waals surface area contributed by atoms with Crippen LogP contribution < -0.4 is 29.6 Å². The molecule has 42 heteroatoms. The van der Waals surface area contributed by atoms with Gasteiger partial charge in [-0.2, -0.15) is 32.8 Å². The summed E-state index contributed by atoms with van der Waals surface area (Å²) in [5, 5.41) is 7.57.